The fraction of sp³-hybridized carbons (Fsp3) is 0.167. The Morgan fingerprint density at radius 2 is 1.77 bits per heavy atom. The number of aryl methyl sites for hydroxylation is 3. The van der Waals surface area contributed by atoms with Crippen LogP contribution < -0.4 is 5.32 Å². The van der Waals surface area contributed by atoms with Crippen molar-refractivity contribution in [3.05, 3.63) is 77.0 Å². The summed E-state index contributed by atoms with van der Waals surface area (Å²) in [6.45, 7) is 3.72. The topological polar surface area (TPSA) is 86.1 Å². The number of anilines is 1. The molecule has 0 atom stereocenters. The molecule has 0 aliphatic rings. The van der Waals surface area contributed by atoms with Gasteiger partial charge in [-0.1, -0.05) is 36.4 Å². The smallest absolute Gasteiger partial charge is 0.337 e. The molecule has 2 heterocycles. The maximum atomic E-state index is 13.4. The molecule has 1 amide bonds. The number of pyridine rings is 1. The molecule has 7 heteroatoms. The van der Waals surface area contributed by atoms with Crippen LogP contribution in [0.2, 0.25) is 0 Å². The van der Waals surface area contributed by atoms with Gasteiger partial charge in [0.05, 0.1) is 35.0 Å². The largest absolute Gasteiger partial charge is 0.465 e. The summed E-state index contributed by atoms with van der Waals surface area (Å²) in [5.41, 5.74) is 5.14. The first-order valence-corrected chi connectivity index (χ1v) is 9.79. The highest BCUT2D eigenvalue weighted by molar-refractivity contribution is 6.13. The first kappa shape index (κ1) is 20.3. The lowest BCUT2D eigenvalue weighted by Crippen LogP contribution is -2.15. The number of ether oxygens (including phenoxy) is 1. The molecule has 0 fully saturated rings. The molecule has 31 heavy (non-hydrogen) atoms. The van der Waals surface area contributed by atoms with Crippen molar-refractivity contribution in [2.24, 2.45) is 7.05 Å². The molecule has 2 aromatic carbocycles. The third-order valence-corrected chi connectivity index (χ3v) is 5.19. The maximum absolute atomic E-state index is 13.4. The summed E-state index contributed by atoms with van der Waals surface area (Å²) in [6, 6.07) is 16.5. The Labute approximate surface area is 179 Å². The summed E-state index contributed by atoms with van der Waals surface area (Å²) in [7, 11) is 3.13. The Balaban J connectivity index is 1.82. The van der Waals surface area contributed by atoms with Gasteiger partial charge >= 0.3 is 5.97 Å². The molecular formula is C24H22N4O3. The van der Waals surface area contributed by atoms with Crippen molar-refractivity contribution >= 4 is 28.6 Å². The zero-order valence-electron chi connectivity index (χ0n) is 17.8. The molecule has 0 unspecified atom stereocenters. The second-order valence-corrected chi connectivity index (χ2v) is 7.30. The van der Waals surface area contributed by atoms with Crippen LogP contribution in [0.25, 0.3) is 22.3 Å². The molecule has 2 aromatic heterocycles. The standard InChI is InChI=1S/C24H22N4O3/c1-14-10-11-17(24(30)31-4)12-19(14)26-23(29)18-13-20(16-8-6-5-7-9-16)25-22-21(18)15(2)27-28(22)3/h5-13H,1-4H3,(H,26,29). The van der Waals surface area contributed by atoms with E-state index in [4.69, 9.17) is 9.72 Å². The molecule has 0 aliphatic heterocycles. The van der Waals surface area contributed by atoms with Gasteiger partial charge in [-0.15, -0.1) is 0 Å². The molecule has 7 nitrogen and oxygen atoms in total. The number of nitrogens with zero attached hydrogens (tertiary/aromatic N) is 3. The number of nitrogens with one attached hydrogen (secondary N) is 1. The molecule has 156 valence electrons. The SMILES string of the molecule is COC(=O)c1ccc(C)c(NC(=O)c2cc(-c3ccccc3)nc3c2c(C)nn3C)c1. The molecule has 0 aliphatic carbocycles. The van der Waals surface area contributed by atoms with Crippen LogP contribution in [-0.2, 0) is 11.8 Å². The zero-order valence-corrected chi connectivity index (χ0v) is 17.8. The molecule has 1 N–H and O–H groups in total. The van der Waals surface area contributed by atoms with E-state index in [9.17, 15) is 9.59 Å². The summed E-state index contributed by atoms with van der Waals surface area (Å²) >= 11 is 0. The highest BCUT2D eigenvalue weighted by Gasteiger charge is 2.20. The number of aromatic nitrogens is 3. The van der Waals surface area contributed by atoms with Crippen molar-refractivity contribution in [2.75, 3.05) is 12.4 Å². The van der Waals surface area contributed by atoms with Gasteiger partial charge in [-0.3, -0.25) is 9.48 Å². The predicted octanol–water partition coefficient (Wildman–Crippen LogP) is 4.29. The number of hydrogen-bond donors (Lipinski definition) is 1. The first-order chi connectivity index (χ1) is 14.9. The van der Waals surface area contributed by atoms with Crippen LogP contribution >= 0.6 is 0 Å². The van der Waals surface area contributed by atoms with E-state index in [-0.39, 0.29) is 5.91 Å². The second-order valence-electron chi connectivity index (χ2n) is 7.30. The number of fused-ring (bicyclic) bond motifs is 1. The number of methoxy groups -OCH3 is 1. The molecule has 0 bridgehead atoms. The zero-order chi connectivity index (χ0) is 22.1. The van der Waals surface area contributed by atoms with E-state index in [0.29, 0.717) is 33.5 Å². The van der Waals surface area contributed by atoms with Crippen LogP contribution in [0.3, 0.4) is 0 Å². The molecule has 0 spiro atoms. The normalized spacial score (nSPS) is 10.8. The van der Waals surface area contributed by atoms with Gasteiger partial charge in [-0.2, -0.15) is 5.10 Å². The minimum atomic E-state index is -0.462. The van der Waals surface area contributed by atoms with Crippen LogP contribution in [0.5, 0.6) is 0 Å². The Bertz CT molecular complexity index is 1310. The van der Waals surface area contributed by atoms with Crippen LogP contribution in [0.4, 0.5) is 5.69 Å². The van der Waals surface area contributed by atoms with Gasteiger partial charge in [-0.05, 0) is 37.6 Å². The second kappa shape index (κ2) is 8.02. The fourth-order valence-corrected chi connectivity index (χ4v) is 3.57. The van der Waals surface area contributed by atoms with Crippen molar-refractivity contribution in [3.63, 3.8) is 0 Å². The molecule has 0 saturated heterocycles. The molecule has 0 radical (unpaired) electrons. The number of carbonyl (C=O) groups excluding carboxylic acids is 2. The van der Waals surface area contributed by atoms with Crippen LogP contribution in [0.1, 0.15) is 32.0 Å². The van der Waals surface area contributed by atoms with Crippen molar-refractivity contribution in [1.82, 2.24) is 14.8 Å². The van der Waals surface area contributed by atoms with Gasteiger partial charge in [0.2, 0.25) is 0 Å². The minimum absolute atomic E-state index is 0.300. The highest BCUT2D eigenvalue weighted by atomic mass is 16.5. The van der Waals surface area contributed by atoms with Gasteiger partial charge < -0.3 is 10.1 Å². The number of rotatable bonds is 4. The summed E-state index contributed by atoms with van der Waals surface area (Å²) in [5, 5.41) is 8.09. The predicted molar refractivity (Wildman–Crippen MR) is 119 cm³/mol. The maximum Gasteiger partial charge on any atom is 0.337 e. The lowest BCUT2D eigenvalue weighted by molar-refractivity contribution is 0.0600. The van der Waals surface area contributed by atoms with Gasteiger partial charge in [0.25, 0.3) is 5.91 Å². The van der Waals surface area contributed by atoms with Crippen LogP contribution in [0, 0.1) is 13.8 Å². The number of benzene rings is 2. The van der Waals surface area contributed by atoms with E-state index in [1.807, 2.05) is 51.2 Å². The quantitative estimate of drug-likeness (QED) is 0.504. The third-order valence-electron chi connectivity index (χ3n) is 5.19. The lowest BCUT2D eigenvalue weighted by Gasteiger charge is -2.12. The van der Waals surface area contributed by atoms with E-state index in [1.54, 1.807) is 28.9 Å². The summed E-state index contributed by atoms with van der Waals surface area (Å²) in [6.07, 6.45) is 0. The van der Waals surface area contributed by atoms with Gasteiger partial charge in [0.15, 0.2) is 5.65 Å². The number of hydrogen-bond acceptors (Lipinski definition) is 5. The average molecular weight is 414 g/mol. The Kier molecular flexibility index (Phi) is 5.25. The third kappa shape index (κ3) is 3.77. The molecule has 0 saturated carbocycles. The Hall–Kier alpha value is -4.00. The molecular weight excluding hydrogens is 392 g/mol. The van der Waals surface area contributed by atoms with Crippen molar-refractivity contribution in [3.8, 4) is 11.3 Å². The van der Waals surface area contributed by atoms with Gasteiger partial charge in [0, 0.05) is 18.3 Å². The minimum Gasteiger partial charge on any atom is -0.465 e. The van der Waals surface area contributed by atoms with E-state index in [1.165, 1.54) is 7.11 Å². The van der Waals surface area contributed by atoms with E-state index in [0.717, 1.165) is 16.8 Å². The monoisotopic (exact) mass is 414 g/mol. The van der Waals surface area contributed by atoms with Gasteiger partial charge in [-0.25, -0.2) is 9.78 Å². The van der Waals surface area contributed by atoms with E-state index < -0.39 is 5.97 Å². The first-order valence-electron chi connectivity index (χ1n) is 9.79. The number of amides is 1. The summed E-state index contributed by atoms with van der Waals surface area (Å²) < 4.78 is 6.47. The van der Waals surface area contributed by atoms with E-state index in [2.05, 4.69) is 10.4 Å². The lowest BCUT2D eigenvalue weighted by atomic mass is 10.0. The Morgan fingerprint density at radius 3 is 2.48 bits per heavy atom. The average Bonchev–Trinajstić information content (AvgIpc) is 3.08. The summed E-state index contributed by atoms with van der Waals surface area (Å²) in [5.74, 6) is -0.762. The van der Waals surface area contributed by atoms with Crippen LogP contribution in [-0.4, -0.2) is 33.8 Å². The van der Waals surface area contributed by atoms with Crippen LogP contribution in [0.15, 0.2) is 54.6 Å². The van der Waals surface area contributed by atoms with Gasteiger partial charge in [0.1, 0.15) is 0 Å². The number of carbonyl (C=O) groups is 2. The summed E-state index contributed by atoms with van der Waals surface area (Å²) in [4.78, 5) is 30.0. The highest BCUT2D eigenvalue weighted by Crippen LogP contribution is 2.28. The van der Waals surface area contributed by atoms with E-state index >= 15 is 0 Å². The molecule has 4 aromatic rings. The fourth-order valence-electron chi connectivity index (χ4n) is 3.57. The molecule has 4 rings (SSSR count). The van der Waals surface area contributed by atoms with Crippen molar-refractivity contribution in [1.29, 1.82) is 0 Å². The number of esters is 1. The van der Waals surface area contributed by atoms with Crippen molar-refractivity contribution < 1.29 is 14.3 Å². The van der Waals surface area contributed by atoms with Crippen molar-refractivity contribution in [2.45, 2.75) is 13.8 Å². The Morgan fingerprint density at radius 1 is 1.03 bits per heavy atom.